The van der Waals surface area contributed by atoms with Gasteiger partial charge in [-0.3, -0.25) is 4.68 Å². The van der Waals surface area contributed by atoms with Gasteiger partial charge in [-0.15, -0.1) is 5.10 Å². The zero-order valence-corrected chi connectivity index (χ0v) is 18.8. The smallest absolute Gasteiger partial charge is 0.416 e. The summed E-state index contributed by atoms with van der Waals surface area (Å²) in [5.41, 5.74) is 0.957. The van der Waals surface area contributed by atoms with Gasteiger partial charge in [-0.25, -0.2) is 9.37 Å². The number of rotatable bonds is 11. The Bertz CT molecular complexity index is 1210. The van der Waals surface area contributed by atoms with Crippen molar-refractivity contribution < 1.29 is 26.7 Å². The number of ether oxygens (including phenoxy) is 1. The number of benzene rings is 2. The monoisotopic (exact) mass is 488 g/mol. The molecular weight excluding hydrogens is 464 g/mol. The van der Waals surface area contributed by atoms with Gasteiger partial charge in [-0.05, 0) is 61.1 Å². The molecule has 184 valence electrons. The van der Waals surface area contributed by atoms with Gasteiger partial charge < -0.3 is 9.15 Å². The highest BCUT2D eigenvalue weighted by atomic mass is 19.4. The SMILES string of the molecule is Fc1cc(C(F)(F)F)ccc1CCc1nc(COc2ccc(CCCCn3ccnn3)cc2)co1. The van der Waals surface area contributed by atoms with Crippen LogP contribution in [-0.4, -0.2) is 20.0 Å². The van der Waals surface area contributed by atoms with E-state index in [1.807, 2.05) is 35.1 Å². The van der Waals surface area contributed by atoms with Crippen LogP contribution in [0, 0.1) is 5.82 Å². The average Bonchev–Trinajstić information content (AvgIpc) is 3.52. The standard InChI is InChI=1S/C25H24F4N4O2/c26-23-15-20(25(27,28)29)8-6-19(23)7-11-24-31-21(17-35-24)16-34-22-9-4-18(5-10-22)3-1-2-13-33-14-12-30-32-33/h4-6,8-10,12,14-15,17H,1-3,7,11,13,16H2. The van der Waals surface area contributed by atoms with Crippen molar-refractivity contribution in [2.45, 2.75) is 51.4 Å². The molecule has 0 aliphatic carbocycles. The molecule has 0 amide bonds. The van der Waals surface area contributed by atoms with Crippen LogP contribution < -0.4 is 4.74 Å². The molecule has 4 rings (SSSR count). The minimum absolute atomic E-state index is 0.172. The summed E-state index contributed by atoms with van der Waals surface area (Å²) in [6, 6.07) is 10.4. The number of aromatic nitrogens is 4. The molecule has 2 aromatic heterocycles. The Morgan fingerprint density at radius 1 is 0.971 bits per heavy atom. The Balaban J connectivity index is 1.20. The van der Waals surface area contributed by atoms with Crippen LogP contribution in [0.1, 0.15) is 41.1 Å². The normalized spacial score (nSPS) is 11.7. The topological polar surface area (TPSA) is 66.0 Å². The summed E-state index contributed by atoms with van der Waals surface area (Å²) in [7, 11) is 0. The van der Waals surface area contributed by atoms with Crippen molar-refractivity contribution in [2.75, 3.05) is 0 Å². The van der Waals surface area contributed by atoms with Gasteiger partial charge in [0.1, 0.15) is 30.1 Å². The molecule has 0 aliphatic heterocycles. The van der Waals surface area contributed by atoms with E-state index in [0.717, 1.165) is 37.9 Å². The van der Waals surface area contributed by atoms with E-state index in [1.165, 1.54) is 11.8 Å². The molecule has 0 radical (unpaired) electrons. The van der Waals surface area contributed by atoms with Crippen LogP contribution in [0.4, 0.5) is 17.6 Å². The quantitative estimate of drug-likeness (QED) is 0.197. The molecule has 4 aromatic rings. The number of alkyl halides is 3. The Kier molecular flexibility index (Phi) is 7.79. The number of oxazole rings is 1. The van der Waals surface area contributed by atoms with Crippen LogP contribution >= 0.6 is 0 Å². The van der Waals surface area contributed by atoms with Crippen molar-refractivity contribution in [1.82, 2.24) is 20.0 Å². The second-order valence-corrected chi connectivity index (χ2v) is 8.09. The van der Waals surface area contributed by atoms with Gasteiger partial charge >= 0.3 is 6.18 Å². The van der Waals surface area contributed by atoms with Gasteiger partial charge in [-0.1, -0.05) is 23.4 Å². The molecule has 0 unspecified atom stereocenters. The van der Waals surface area contributed by atoms with Crippen molar-refractivity contribution in [3.63, 3.8) is 0 Å². The zero-order chi connectivity index (χ0) is 24.7. The minimum atomic E-state index is -4.57. The average molecular weight is 488 g/mol. The van der Waals surface area contributed by atoms with E-state index in [-0.39, 0.29) is 25.0 Å². The third-order valence-corrected chi connectivity index (χ3v) is 5.47. The lowest BCUT2D eigenvalue weighted by atomic mass is 10.1. The van der Waals surface area contributed by atoms with Gasteiger partial charge in [0, 0.05) is 19.2 Å². The van der Waals surface area contributed by atoms with Crippen LogP contribution in [-0.2, 0) is 38.6 Å². The summed E-state index contributed by atoms with van der Waals surface area (Å²) >= 11 is 0. The van der Waals surface area contributed by atoms with E-state index in [4.69, 9.17) is 9.15 Å². The lowest BCUT2D eigenvalue weighted by Gasteiger charge is -2.08. The Labute approximate surface area is 199 Å². The number of unbranched alkanes of at least 4 members (excludes halogenated alkanes) is 1. The Morgan fingerprint density at radius 2 is 1.80 bits per heavy atom. The first-order valence-corrected chi connectivity index (χ1v) is 11.2. The Morgan fingerprint density at radius 3 is 2.51 bits per heavy atom. The fourth-order valence-electron chi connectivity index (χ4n) is 3.56. The summed E-state index contributed by atoms with van der Waals surface area (Å²) in [6.45, 7) is 1.05. The predicted molar refractivity (Wildman–Crippen MR) is 119 cm³/mol. The van der Waals surface area contributed by atoms with E-state index < -0.39 is 17.6 Å². The van der Waals surface area contributed by atoms with E-state index in [0.29, 0.717) is 23.4 Å². The summed E-state index contributed by atoms with van der Waals surface area (Å²) in [5.74, 6) is 0.172. The molecule has 0 atom stereocenters. The lowest BCUT2D eigenvalue weighted by molar-refractivity contribution is -0.137. The van der Waals surface area contributed by atoms with Crippen molar-refractivity contribution in [2.24, 2.45) is 0 Å². The molecule has 2 heterocycles. The lowest BCUT2D eigenvalue weighted by Crippen LogP contribution is -2.06. The summed E-state index contributed by atoms with van der Waals surface area (Å²) in [6.07, 6.45) is 3.85. The second-order valence-electron chi connectivity index (χ2n) is 8.09. The van der Waals surface area contributed by atoms with Gasteiger partial charge in [-0.2, -0.15) is 13.2 Å². The number of aryl methyl sites for hydroxylation is 4. The van der Waals surface area contributed by atoms with E-state index in [1.54, 1.807) is 6.20 Å². The predicted octanol–water partition coefficient (Wildman–Crippen LogP) is 5.81. The summed E-state index contributed by atoms with van der Waals surface area (Å²) in [4.78, 5) is 4.31. The maximum absolute atomic E-state index is 14.0. The third-order valence-electron chi connectivity index (χ3n) is 5.47. The molecule has 0 N–H and O–H groups in total. The van der Waals surface area contributed by atoms with E-state index in [9.17, 15) is 17.6 Å². The third kappa shape index (κ3) is 7.14. The molecule has 6 nitrogen and oxygen atoms in total. The van der Waals surface area contributed by atoms with Crippen LogP contribution in [0.15, 0.2) is 65.5 Å². The molecule has 10 heteroatoms. The maximum Gasteiger partial charge on any atom is 0.416 e. The fraction of sp³-hybridized carbons (Fsp3) is 0.320. The molecule has 0 fully saturated rings. The van der Waals surface area contributed by atoms with Gasteiger partial charge in [0.15, 0.2) is 5.89 Å². The van der Waals surface area contributed by atoms with Crippen LogP contribution in [0.5, 0.6) is 5.75 Å². The van der Waals surface area contributed by atoms with Crippen LogP contribution in [0.25, 0.3) is 0 Å². The van der Waals surface area contributed by atoms with E-state index >= 15 is 0 Å². The van der Waals surface area contributed by atoms with Gasteiger partial charge in [0.05, 0.1) is 11.8 Å². The molecular formula is C25H24F4N4O2. The molecule has 0 saturated carbocycles. The summed E-state index contributed by atoms with van der Waals surface area (Å²) < 4.78 is 65.0. The minimum Gasteiger partial charge on any atom is -0.487 e. The Hall–Kier alpha value is -3.69. The van der Waals surface area contributed by atoms with Gasteiger partial charge in [0.2, 0.25) is 0 Å². The fourth-order valence-corrected chi connectivity index (χ4v) is 3.56. The molecule has 0 saturated heterocycles. The maximum atomic E-state index is 14.0. The van der Waals surface area contributed by atoms with Gasteiger partial charge in [0.25, 0.3) is 0 Å². The first kappa shape index (κ1) is 24.4. The van der Waals surface area contributed by atoms with Crippen molar-refractivity contribution in [1.29, 1.82) is 0 Å². The highest BCUT2D eigenvalue weighted by Gasteiger charge is 2.31. The number of hydrogen-bond acceptors (Lipinski definition) is 5. The van der Waals surface area contributed by atoms with Crippen molar-refractivity contribution in [3.8, 4) is 5.75 Å². The molecule has 0 bridgehead atoms. The van der Waals surface area contributed by atoms with Crippen molar-refractivity contribution in [3.05, 3.63) is 95.2 Å². The first-order valence-electron chi connectivity index (χ1n) is 11.2. The number of nitrogens with zero attached hydrogens (tertiary/aromatic N) is 4. The molecule has 35 heavy (non-hydrogen) atoms. The number of halogens is 4. The molecule has 2 aromatic carbocycles. The summed E-state index contributed by atoms with van der Waals surface area (Å²) in [5, 5.41) is 7.73. The largest absolute Gasteiger partial charge is 0.487 e. The van der Waals surface area contributed by atoms with E-state index in [2.05, 4.69) is 15.3 Å². The molecule has 0 spiro atoms. The second kappa shape index (κ2) is 11.2. The highest BCUT2D eigenvalue weighted by molar-refractivity contribution is 5.28. The van der Waals surface area contributed by atoms with Crippen LogP contribution in [0.3, 0.4) is 0 Å². The van der Waals surface area contributed by atoms with Crippen molar-refractivity contribution >= 4 is 0 Å². The first-order chi connectivity index (χ1) is 16.9. The molecule has 0 aliphatic rings. The highest BCUT2D eigenvalue weighted by Crippen LogP contribution is 2.30. The zero-order valence-electron chi connectivity index (χ0n) is 18.8. The number of hydrogen-bond donors (Lipinski definition) is 0. The van der Waals surface area contributed by atoms with Crippen LogP contribution in [0.2, 0.25) is 0 Å².